The van der Waals surface area contributed by atoms with Crippen molar-refractivity contribution in [3.63, 3.8) is 0 Å². The molecule has 0 fully saturated rings. The zero-order valence-electron chi connectivity index (χ0n) is 10.00. The number of imidazole rings is 1. The molecule has 92 valence electrons. The van der Waals surface area contributed by atoms with Crippen molar-refractivity contribution in [3.05, 3.63) is 53.7 Å². The Kier molecular flexibility index (Phi) is 3.17. The van der Waals surface area contributed by atoms with Crippen LogP contribution in [0.2, 0.25) is 0 Å². The summed E-state index contributed by atoms with van der Waals surface area (Å²) in [7, 11) is 0. The van der Waals surface area contributed by atoms with Gasteiger partial charge >= 0.3 is 0 Å². The first kappa shape index (κ1) is 11.8. The molecule has 1 aromatic carbocycles. The number of benzene rings is 1. The Balaban J connectivity index is 1.73. The van der Waals surface area contributed by atoms with Crippen LogP contribution in [0.25, 0.3) is 11.2 Å². The molecule has 1 N–H and O–H groups in total. The minimum Gasteiger partial charge on any atom is -0.332 e. The third-order valence-electron chi connectivity index (χ3n) is 2.69. The molecule has 5 heteroatoms. The molecule has 2 heterocycles. The number of nitrogens with one attached hydrogen (secondary N) is 1. The van der Waals surface area contributed by atoms with Gasteiger partial charge in [-0.2, -0.15) is 5.26 Å². The van der Waals surface area contributed by atoms with Crippen molar-refractivity contribution in [1.29, 1.82) is 5.26 Å². The number of hydrogen-bond donors (Lipinski definition) is 1. The Morgan fingerprint density at radius 2 is 2.05 bits per heavy atom. The second-order valence-corrected chi connectivity index (χ2v) is 4.98. The predicted octanol–water partition coefficient (Wildman–Crippen LogP) is 3.12. The highest BCUT2D eigenvalue weighted by atomic mass is 32.2. The number of rotatable bonds is 3. The van der Waals surface area contributed by atoms with Crippen LogP contribution in [0.5, 0.6) is 0 Å². The molecular formula is C14H10N4S. The van der Waals surface area contributed by atoms with Crippen molar-refractivity contribution in [2.75, 3.05) is 0 Å². The highest BCUT2D eigenvalue weighted by Gasteiger charge is 2.04. The molecule has 0 unspecified atom stereocenters. The Labute approximate surface area is 114 Å². The predicted molar refractivity (Wildman–Crippen MR) is 74.6 cm³/mol. The van der Waals surface area contributed by atoms with Gasteiger partial charge in [0.25, 0.3) is 0 Å². The van der Waals surface area contributed by atoms with Gasteiger partial charge in [0.1, 0.15) is 0 Å². The van der Waals surface area contributed by atoms with E-state index in [-0.39, 0.29) is 0 Å². The van der Waals surface area contributed by atoms with E-state index in [1.807, 2.05) is 36.4 Å². The maximum absolute atomic E-state index is 8.74. The number of H-pyrrole nitrogens is 1. The molecule has 0 atom stereocenters. The first-order chi connectivity index (χ1) is 9.35. The van der Waals surface area contributed by atoms with E-state index < -0.39 is 0 Å². The number of nitriles is 1. The van der Waals surface area contributed by atoms with Gasteiger partial charge in [0, 0.05) is 11.9 Å². The SMILES string of the molecule is N#Cc1ccc(CSc2nc3ncccc3[nH]2)cc1. The quantitative estimate of drug-likeness (QED) is 0.740. The van der Waals surface area contributed by atoms with E-state index in [9.17, 15) is 0 Å². The first-order valence-electron chi connectivity index (χ1n) is 5.78. The van der Waals surface area contributed by atoms with Crippen LogP contribution in [0.15, 0.2) is 47.8 Å². The lowest BCUT2D eigenvalue weighted by atomic mass is 10.2. The normalized spacial score (nSPS) is 10.5. The molecule has 0 spiro atoms. The minimum atomic E-state index is 0.682. The van der Waals surface area contributed by atoms with Gasteiger partial charge in [-0.15, -0.1) is 0 Å². The zero-order valence-corrected chi connectivity index (χ0v) is 10.8. The summed E-state index contributed by atoms with van der Waals surface area (Å²) in [5.74, 6) is 0.811. The van der Waals surface area contributed by atoms with E-state index in [1.54, 1.807) is 18.0 Å². The van der Waals surface area contributed by atoms with Gasteiger partial charge in [0.15, 0.2) is 10.8 Å². The molecule has 2 aromatic heterocycles. The third-order valence-corrected chi connectivity index (χ3v) is 3.64. The number of thioether (sulfide) groups is 1. The summed E-state index contributed by atoms with van der Waals surface area (Å²) in [5, 5.41) is 9.60. The minimum absolute atomic E-state index is 0.682. The molecule has 3 aromatic rings. The molecule has 3 rings (SSSR count). The molecule has 0 aliphatic rings. The number of aromatic amines is 1. The maximum atomic E-state index is 8.74. The van der Waals surface area contributed by atoms with Crippen molar-refractivity contribution < 1.29 is 0 Å². The van der Waals surface area contributed by atoms with E-state index in [0.717, 1.165) is 27.6 Å². The van der Waals surface area contributed by atoms with E-state index >= 15 is 0 Å². The van der Waals surface area contributed by atoms with Crippen molar-refractivity contribution in [2.45, 2.75) is 10.9 Å². The highest BCUT2D eigenvalue weighted by Crippen LogP contribution is 2.22. The van der Waals surface area contributed by atoms with Gasteiger partial charge in [0.05, 0.1) is 17.1 Å². The monoisotopic (exact) mass is 266 g/mol. The lowest BCUT2D eigenvalue weighted by Gasteiger charge is -1.98. The van der Waals surface area contributed by atoms with Crippen LogP contribution in [0.3, 0.4) is 0 Å². The fourth-order valence-electron chi connectivity index (χ4n) is 1.72. The lowest BCUT2D eigenvalue weighted by Crippen LogP contribution is -1.82. The number of nitrogens with zero attached hydrogens (tertiary/aromatic N) is 3. The first-order valence-corrected chi connectivity index (χ1v) is 6.76. The Bertz CT molecular complexity index is 707. The molecule has 0 aliphatic heterocycles. The zero-order chi connectivity index (χ0) is 13.1. The second kappa shape index (κ2) is 5.12. The molecule has 0 saturated carbocycles. The van der Waals surface area contributed by atoms with Crippen LogP contribution < -0.4 is 0 Å². The summed E-state index contributed by atoms with van der Waals surface area (Å²) in [6.45, 7) is 0. The van der Waals surface area contributed by atoms with Crippen LogP contribution in [0.4, 0.5) is 0 Å². The Morgan fingerprint density at radius 1 is 1.21 bits per heavy atom. The maximum Gasteiger partial charge on any atom is 0.178 e. The molecular weight excluding hydrogens is 256 g/mol. The highest BCUT2D eigenvalue weighted by molar-refractivity contribution is 7.98. The van der Waals surface area contributed by atoms with Gasteiger partial charge in [0.2, 0.25) is 0 Å². The van der Waals surface area contributed by atoms with Crippen molar-refractivity contribution in [2.24, 2.45) is 0 Å². The Hall–Kier alpha value is -2.32. The molecule has 0 radical (unpaired) electrons. The fraction of sp³-hybridized carbons (Fsp3) is 0.0714. The average Bonchev–Trinajstić information content (AvgIpc) is 2.88. The van der Waals surface area contributed by atoms with Crippen LogP contribution in [-0.2, 0) is 5.75 Å². The van der Waals surface area contributed by atoms with Crippen molar-refractivity contribution in [3.8, 4) is 6.07 Å². The topological polar surface area (TPSA) is 65.4 Å². The Morgan fingerprint density at radius 3 is 2.79 bits per heavy atom. The van der Waals surface area contributed by atoms with Gasteiger partial charge in [-0.3, -0.25) is 0 Å². The van der Waals surface area contributed by atoms with Crippen molar-refractivity contribution >= 4 is 22.9 Å². The lowest BCUT2D eigenvalue weighted by molar-refractivity contribution is 1.07. The molecule has 0 bridgehead atoms. The number of pyridine rings is 1. The van der Waals surface area contributed by atoms with E-state index in [1.165, 1.54) is 0 Å². The molecule has 0 amide bonds. The van der Waals surface area contributed by atoms with E-state index in [2.05, 4.69) is 21.0 Å². The summed E-state index contributed by atoms with van der Waals surface area (Å²) in [5.41, 5.74) is 3.54. The largest absolute Gasteiger partial charge is 0.332 e. The van der Waals surface area contributed by atoms with Gasteiger partial charge in [-0.1, -0.05) is 23.9 Å². The van der Waals surface area contributed by atoms with Crippen LogP contribution in [-0.4, -0.2) is 15.0 Å². The number of fused-ring (bicyclic) bond motifs is 1. The smallest absolute Gasteiger partial charge is 0.178 e. The number of aromatic nitrogens is 3. The average molecular weight is 266 g/mol. The van der Waals surface area contributed by atoms with Gasteiger partial charge < -0.3 is 4.98 Å². The van der Waals surface area contributed by atoms with E-state index in [0.29, 0.717) is 5.56 Å². The molecule has 4 nitrogen and oxygen atoms in total. The van der Waals surface area contributed by atoms with Crippen LogP contribution >= 0.6 is 11.8 Å². The summed E-state index contributed by atoms with van der Waals surface area (Å²) < 4.78 is 0. The summed E-state index contributed by atoms with van der Waals surface area (Å²) >= 11 is 1.62. The summed E-state index contributed by atoms with van der Waals surface area (Å²) in [6.07, 6.45) is 1.73. The third kappa shape index (κ3) is 2.59. The van der Waals surface area contributed by atoms with Gasteiger partial charge in [-0.05, 0) is 29.8 Å². The van der Waals surface area contributed by atoms with Crippen LogP contribution in [0.1, 0.15) is 11.1 Å². The van der Waals surface area contributed by atoms with Gasteiger partial charge in [-0.25, -0.2) is 9.97 Å². The molecule has 0 saturated heterocycles. The standard InChI is InChI=1S/C14H10N4S/c15-8-10-3-5-11(6-4-10)9-19-14-17-12-2-1-7-16-13(12)18-14/h1-7H,9H2,(H,16,17,18). The number of hydrogen-bond acceptors (Lipinski definition) is 4. The van der Waals surface area contributed by atoms with Crippen LogP contribution in [0, 0.1) is 11.3 Å². The molecule has 19 heavy (non-hydrogen) atoms. The second-order valence-electron chi connectivity index (χ2n) is 4.01. The molecule has 0 aliphatic carbocycles. The fourth-order valence-corrected chi connectivity index (χ4v) is 2.55. The van der Waals surface area contributed by atoms with E-state index in [4.69, 9.17) is 5.26 Å². The summed E-state index contributed by atoms with van der Waals surface area (Å²) in [4.78, 5) is 11.8. The van der Waals surface area contributed by atoms with Crippen molar-refractivity contribution in [1.82, 2.24) is 15.0 Å². The summed E-state index contributed by atoms with van der Waals surface area (Å²) in [6, 6.07) is 13.5.